The van der Waals surface area contributed by atoms with Gasteiger partial charge >= 0.3 is 0 Å². The monoisotopic (exact) mass is 541 g/mol. The van der Waals surface area contributed by atoms with Gasteiger partial charge in [0.05, 0.1) is 31.8 Å². The topological polar surface area (TPSA) is 112 Å². The summed E-state index contributed by atoms with van der Waals surface area (Å²) in [4.78, 5) is 27.4. The minimum atomic E-state index is -0.654. The van der Waals surface area contributed by atoms with Crippen molar-refractivity contribution >= 4 is 41.0 Å². The minimum absolute atomic E-state index is 0. The van der Waals surface area contributed by atoms with Gasteiger partial charge in [0.15, 0.2) is 23.0 Å². The van der Waals surface area contributed by atoms with E-state index in [2.05, 4.69) is 9.88 Å². The molecular weight excluding hydrogens is 510 g/mol. The van der Waals surface area contributed by atoms with E-state index in [0.717, 1.165) is 25.7 Å². The molecule has 2 fully saturated rings. The van der Waals surface area contributed by atoms with E-state index in [0.29, 0.717) is 58.8 Å². The number of para-hydroxylation sites is 2. The molecule has 1 saturated carbocycles. The van der Waals surface area contributed by atoms with Crippen molar-refractivity contribution in [3.05, 3.63) is 36.4 Å². The Labute approximate surface area is 227 Å². The quantitative estimate of drug-likeness (QED) is 0.530. The number of halogens is 1. The number of rotatable bonds is 4. The molecule has 1 amide bonds. The number of ether oxygens (including phenoxy) is 4. The van der Waals surface area contributed by atoms with E-state index in [-0.39, 0.29) is 37.0 Å². The zero-order valence-electron chi connectivity index (χ0n) is 21.5. The van der Waals surface area contributed by atoms with Crippen LogP contribution in [0, 0.1) is 0 Å². The van der Waals surface area contributed by atoms with E-state index in [4.69, 9.17) is 29.7 Å². The highest BCUT2D eigenvalue weighted by atomic mass is 35.5. The van der Waals surface area contributed by atoms with Crippen LogP contribution in [0.15, 0.2) is 36.4 Å². The van der Waals surface area contributed by atoms with E-state index in [1.165, 1.54) is 0 Å². The zero-order valence-corrected chi connectivity index (χ0v) is 22.3. The Morgan fingerprint density at radius 3 is 2.47 bits per heavy atom. The van der Waals surface area contributed by atoms with Gasteiger partial charge in [-0.05, 0) is 31.0 Å². The first-order valence-corrected chi connectivity index (χ1v) is 12.7. The lowest BCUT2D eigenvalue weighted by Gasteiger charge is -2.50. The summed E-state index contributed by atoms with van der Waals surface area (Å²) in [5.41, 5.74) is 7.08. The third-order valence-corrected chi connectivity index (χ3v) is 7.62. The van der Waals surface area contributed by atoms with Crippen LogP contribution in [0.2, 0.25) is 0 Å². The number of hydrogen-bond donors (Lipinski definition) is 1. The average molecular weight is 542 g/mol. The third kappa shape index (κ3) is 4.47. The zero-order chi connectivity index (χ0) is 25.5. The Morgan fingerprint density at radius 1 is 1.00 bits per heavy atom. The molecule has 2 aliphatic heterocycles. The van der Waals surface area contributed by atoms with Gasteiger partial charge in [-0.15, -0.1) is 12.4 Å². The van der Waals surface area contributed by atoms with Gasteiger partial charge in [-0.1, -0.05) is 25.0 Å². The molecule has 1 aromatic heterocycles. The van der Waals surface area contributed by atoms with E-state index in [1.54, 1.807) is 20.3 Å². The van der Waals surface area contributed by atoms with Crippen LogP contribution < -0.4 is 29.6 Å². The van der Waals surface area contributed by atoms with Gasteiger partial charge in [0.2, 0.25) is 12.1 Å². The summed E-state index contributed by atoms with van der Waals surface area (Å²) in [6.45, 7) is 1.37. The summed E-state index contributed by atoms with van der Waals surface area (Å²) in [6, 6.07) is 11.2. The normalized spacial score (nSPS) is 22.3. The van der Waals surface area contributed by atoms with Gasteiger partial charge in [0, 0.05) is 24.5 Å². The third-order valence-electron chi connectivity index (χ3n) is 7.62. The number of nitrogens with two attached hydrogens (primary N) is 1. The Bertz CT molecular complexity index is 1340. The SMILES string of the molecule is COc1cc2nc(N3CCN(C(=O)C4COc5ccccc5O4)[C@H]4CCCC[C@@H]43)nc(N)c2cc1OC.Cl. The molecule has 3 atom stereocenters. The maximum absolute atomic E-state index is 13.6. The van der Waals surface area contributed by atoms with Crippen molar-refractivity contribution in [2.75, 3.05) is 44.5 Å². The summed E-state index contributed by atoms with van der Waals surface area (Å²) in [5, 5.41) is 0.713. The molecule has 0 bridgehead atoms. The van der Waals surface area contributed by atoms with Gasteiger partial charge in [0.25, 0.3) is 5.91 Å². The van der Waals surface area contributed by atoms with Crippen LogP contribution in [-0.4, -0.2) is 72.9 Å². The average Bonchev–Trinajstić information content (AvgIpc) is 2.95. The first kappa shape index (κ1) is 26.0. The van der Waals surface area contributed by atoms with E-state index >= 15 is 0 Å². The van der Waals surface area contributed by atoms with Crippen LogP contribution in [0.5, 0.6) is 23.0 Å². The second-order valence-electron chi connectivity index (χ2n) is 9.64. The van der Waals surface area contributed by atoms with Crippen molar-refractivity contribution in [2.24, 2.45) is 0 Å². The lowest BCUT2D eigenvalue weighted by molar-refractivity contribution is -0.145. The number of methoxy groups -OCH3 is 2. The molecule has 11 heteroatoms. The van der Waals surface area contributed by atoms with E-state index < -0.39 is 6.10 Å². The summed E-state index contributed by atoms with van der Waals surface area (Å²) in [7, 11) is 3.18. The standard InChI is InChI=1S/C27H31N5O5.ClH/c1-34-22-13-16-17(14-23(22)35-2)29-27(30-25(16)28)32-12-11-31(18-7-3-4-8-19(18)32)26(33)24-15-36-20-9-5-6-10-21(20)37-24;/h5-6,9-10,13-14,18-19,24H,3-4,7-8,11-12,15H2,1-2H3,(H2,28,29,30);1H/t18-,19-,24?;/m0./s1. The molecule has 6 rings (SSSR count). The number of fused-ring (bicyclic) bond motifs is 3. The molecule has 38 heavy (non-hydrogen) atoms. The smallest absolute Gasteiger partial charge is 0.267 e. The van der Waals surface area contributed by atoms with E-state index in [9.17, 15) is 4.79 Å². The van der Waals surface area contributed by atoms with Crippen molar-refractivity contribution in [1.82, 2.24) is 14.9 Å². The van der Waals surface area contributed by atoms with Gasteiger partial charge in [-0.3, -0.25) is 4.79 Å². The molecular formula is C27H32ClN5O5. The number of hydrogen-bond acceptors (Lipinski definition) is 9. The lowest BCUT2D eigenvalue weighted by Crippen LogP contribution is -2.64. The van der Waals surface area contributed by atoms with Crippen molar-refractivity contribution in [3.63, 3.8) is 0 Å². The molecule has 1 saturated heterocycles. The molecule has 1 unspecified atom stereocenters. The largest absolute Gasteiger partial charge is 0.493 e. The number of amides is 1. The number of piperazine rings is 1. The Kier molecular flexibility index (Phi) is 7.25. The van der Waals surface area contributed by atoms with Crippen LogP contribution in [0.1, 0.15) is 25.7 Å². The molecule has 0 spiro atoms. The number of anilines is 2. The van der Waals surface area contributed by atoms with Crippen molar-refractivity contribution < 1.29 is 23.7 Å². The number of carbonyl (C=O) groups excluding carboxylic acids is 1. The van der Waals surface area contributed by atoms with Gasteiger partial charge in [-0.25, -0.2) is 4.98 Å². The second kappa shape index (κ2) is 10.6. The number of benzene rings is 2. The molecule has 3 heterocycles. The summed E-state index contributed by atoms with van der Waals surface area (Å²) in [5.74, 6) is 3.38. The summed E-state index contributed by atoms with van der Waals surface area (Å²) < 4.78 is 22.8. The predicted octanol–water partition coefficient (Wildman–Crippen LogP) is 3.45. The fourth-order valence-electron chi connectivity index (χ4n) is 5.81. The van der Waals surface area contributed by atoms with E-state index in [1.807, 2.05) is 35.2 Å². The molecule has 2 aromatic carbocycles. The molecule has 202 valence electrons. The van der Waals surface area contributed by atoms with Gasteiger partial charge in [-0.2, -0.15) is 4.98 Å². The van der Waals surface area contributed by atoms with Crippen LogP contribution >= 0.6 is 12.4 Å². The van der Waals surface area contributed by atoms with Gasteiger partial charge in [0.1, 0.15) is 12.4 Å². The van der Waals surface area contributed by atoms with Crippen molar-refractivity contribution in [1.29, 1.82) is 0 Å². The van der Waals surface area contributed by atoms with Crippen LogP contribution in [0.3, 0.4) is 0 Å². The molecule has 0 radical (unpaired) electrons. The van der Waals surface area contributed by atoms with Crippen LogP contribution in [0.4, 0.5) is 11.8 Å². The molecule has 3 aliphatic rings. The fraction of sp³-hybridized carbons (Fsp3) is 0.444. The predicted molar refractivity (Wildman–Crippen MR) is 146 cm³/mol. The molecule has 1 aliphatic carbocycles. The van der Waals surface area contributed by atoms with Crippen molar-refractivity contribution in [3.8, 4) is 23.0 Å². The first-order chi connectivity index (χ1) is 18.1. The van der Waals surface area contributed by atoms with Gasteiger partial charge < -0.3 is 34.5 Å². The molecule has 3 aromatic rings. The summed E-state index contributed by atoms with van der Waals surface area (Å²) in [6.07, 6.45) is 3.38. The Hall–Kier alpha value is -3.66. The highest BCUT2D eigenvalue weighted by molar-refractivity contribution is 5.92. The molecule has 2 N–H and O–H groups in total. The first-order valence-electron chi connectivity index (χ1n) is 12.7. The second-order valence-corrected chi connectivity index (χ2v) is 9.64. The lowest BCUT2D eigenvalue weighted by atomic mass is 9.86. The Morgan fingerprint density at radius 2 is 1.71 bits per heavy atom. The van der Waals surface area contributed by atoms with Crippen molar-refractivity contribution in [2.45, 2.75) is 43.9 Å². The maximum atomic E-state index is 13.6. The number of aromatic nitrogens is 2. The van der Waals surface area contributed by atoms with Crippen LogP contribution in [-0.2, 0) is 4.79 Å². The Balaban J connectivity index is 0.00000294. The summed E-state index contributed by atoms with van der Waals surface area (Å²) >= 11 is 0. The highest BCUT2D eigenvalue weighted by Crippen LogP contribution is 2.38. The maximum Gasteiger partial charge on any atom is 0.267 e. The minimum Gasteiger partial charge on any atom is -0.493 e. The van der Waals surface area contributed by atoms with Crippen LogP contribution in [0.25, 0.3) is 10.9 Å². The fourth-order valence-corrected chi connectivity index (χ4v) is 5.81. The molecule has 10 nitrogen and oxygen atoms in total. The number of carbonyl (C=O) groups is 1. The highest BCUT2D eigenvalue weighted by Gasteiger charge is 2.44. The number of nitrogens with zero attached hydrogens (tertiary/aromatic N) is 4. The number of nitrogen functional groups attached to an aromatic ring is 1.